The second-order valence-electron chi connectivity index (χ2n) is 5.83. The second-order valence-corrected chi connectivity index (χ2v) is 5.83. The van der Waals surface area contributed by atoms with Gasteiger partial charge in [-0.25, -0.2) is 4.79 Å². The molecule has 0 aliphatic carbocycles. The number of furan rings is 1. The maximum Gasteiger partial charge on any atom is 0.342 e. The summed E-state index contributed by atoms with van der Waals surface area (Å²) in [7, 11) is 0. The van der Waals surface area contributed by atoms with Crippen molar-refractivity contribution in [2.24, 2.45) is 0 Å². The minimum absolute atomic E-state index is 0.124. The molecule has 21 heavy (non-hydrogen) atoms. The highest BCUT2D eigenvalue weighted by molar-refractivity contribution is 5.92. The fourth-order valence-corrected chi connectivity index (χ4v) is 3.03. The number of rotatable bonds is 3. The molecular formula is C16H23NO4. The molecule has 0 bridgehead atoms. The van der Waals surface area contributed by atoms with Gasteiger partial charge in [0.25, 0.3) is 5.91 Å². The van der Waals surface area contributed by atoms with E-state index in [1.807, 2.05) is 18.7 Å². The molecule has 0 unspecified atom stereocenters. The third kappa shape index (κ3) is 3.46. The largest absolute Gasteiger partial charge is 0.466 e. The van der Waals surface area contributed by atoms with Crippen molar-refractivity contribution in [3.63, 3.8) is 0 Å². The lowest BCUT2D eigenvalue weighted by molar-refractivity contribution is -0.140. The highest BCUT2D eigenvalue weighted by atomic mass is 16.5. The summed E-state index contributed by atoms with van der Waals surface area (Å²) in [6.07, 6.45) is 3.15. The maximum absolute atomic E-state index is 12.3. The first-order valence-electron chi connectivity index (χ1n) is 7.45. The third-order valence-corrected chi connectivity index (χ3v) is 4.07. The van der Waals surface area contributed by atoms with Crippen LogP contribution in [0.4, 0.5) is 0 Å². The molecule has 2 rings (SSSR count). The Balaban J connectivity index is 1.94. The summed E-state index contributed by atoms with van der Waals surface area (Å²) >= 11 is 0. The van der Waals surface area contributed by atoms with Crippen molar-refractivity contribution in [2.45, 2.75) is 59.0 Å². The van der Waals surface area contributed by atoms with Gasteiger partial charge in [-0.15, -0.1) is 0 Å². The number of hydrogen-bond donors (Lipinski definition) is 0. The topological polar surface area (TPSA) is 59.8 Å². The second kappa shape index (κ2) is 6.33. The Bertz CT molecular complexity index is 524. The average Bonchev–Trinajstić information content (AvgIpc) is 2.75. The Hall–Kier alpha value is -1.78. The van der Waals surface area contributed by atoms with E-state index in [9.17, 15) is 9.59 Å². The summed E-state index contributed by atoms with van der Waals surface area (Å²) in [5.74, 6) is 0.546. The van der Waals surface area contributed by atoms with Crippen LogP contribution in [-0.2, 0) is 9.53 Å². The van der Waals surface area contributed by atoms with Gasteiger partial charge in [-0.2, -0.15) is 0 Å². The summed E-state index contributed by atoms with van der Waals surface area (Å²) in [6.45, 7) is 7.35. The van der Waals surface area contributed by atoms with Crippen molar-refractivity contribution >= 4 is 11.9 Å². The molecule has 1 aliphatic rings. The van der Waals surface area contributed by atoms with Crippen LogP contribution in [0, 0.1) is 13.8 Å². The van der Waals surface area contributed by atoms with E-state index >= 15 is 0 Å². The van der Waals surface area contributed by atoms with Crippen LogP contribution in [0.5, 0.6) is 0 Å². The van der Waals surface area contributed by atoms with Crippen LogP contribution in [-0.4, -0.2) is 35.5 Å². The van der Waals surface area contributed by atoms with Crippen molar-refractivity contribution in [3.8, 4) is 0 Å². The highest BCUT2D eigenvalue weighted by Gasteiger charge is 2.29. The Labute approximate surface area is 125 Å². The van der Waals surface area contributed by atoms with E-state index in [4.69, 9.17) is 9.15 Å². The average molecular weight is 293 g/mol. The molecule has 0 radical (unpaired) electrons. The first-order chi connectivity index (χ1) is 9.90. The van der Waals surface area contributed by atoms with Gasteiger partial charge < -0.3 is 14.1 Å². The van der Waals surface area contributed by atoms with Crippen molar-refractivity contribution < 1.29 is 18.7 Å². The number of ether oxygens (including phenoxy) is 1. The summed E-state index contributed by atoms with van der Waals surface area (Å²) in [5, 5.41) is 0. The summed E-state index contributed by atoms with van der Waals surface area (Å²) < 4.78 is 10.4. The zero-order valence-corrected chi connectivity index (χ0v) is 13.1. The monoisotopic (exact) mass is 293 g/mol. The molecule has 0 N–H and O–H groups in total. The van der Waals surface area contributed by atoms with Gasteiger partial charge in [-0.05, 0) is 53.0 Å². The Morgan fingerprint density at radius 2 is 1.90 bits per heavy atom. The number of carbonyl (C=O) groups excluding carboxylic acids is 2. The van der Waals surface area contributed by atoms with E-state index in [0.717, 1.165) is 19.3 Å². The van der Waals surface area contributed by atoms with E-state index in [0.29, 0.717) is 17.1 Å². The zero-order valence-electron chi connectivity index (χ0n) is 13.1. The van der Waals surface area contributed by atoms with Gasteiger partial charge in [0.2, 0.25) is 0 Å². The van der Waals surface area contributed by atoms with Gasteiger partial charge in [0, 0.05) is 12.1 Å². The molecule has 2 atom stereocenters. The van der Waals surface area contributed by atoms with Crippen LogP contribution in [0.25, 0.3) is 0 Å². The third-order valence-electron chi connectivity index (χ3n) is 4.07. The number of carbonyl (C=O) groups is 2. The van der Waals surface area contributed by atoms with Crippen LogP contribution in [0.1, 0.15) is 55.0 Å². The number of esters is 1. The van der Waals surface area contributed by atoms with E-state index in [1.54, 1.807) is 19.9 Å². The maximum atomic E-state index is 12.3. The lowest BCUT2D eigenvalue weighted by atomic mass is 9.97. The molecule has 116 valence electrons. The Morgan fingerprint density at radius 1 is 1.29 bits per heavy atom. The minimum atomic E-state index is -0.505. The molecule has 1 aliphatic heterocycles. The summed E-state index contributed by atoms with van der Waals surface area (Å²) in [6, 6.07) is 2.05. The normalized spacial score (nSPS) is 22.2. The molecule has 5 heteroatoms. The molecule has 0 saturated carbocycles. The van der Waals surface area contributed by atoms with Crippen LogP contribution < -0.4 is 0 Å². The Kier molecular flexibility index (Phi) is 4.70. The van der Waals surface area contributed by atoms with Gasteiger partial charge in [0.1, 0.15) is 17.1 Å². The lowest BCUT2D eigenvalue weighted by Crippen LogP contribution is -2.49. The molecule has 1 saturated heterocycles. The molecule has 1 aromatic heterocycles. The van der Waals surface area contributed by atoms with Gasteiger partial charge in [0.15, 0.2) is 6.61 Å². The van der Waals surface area contributed by atoms with Gasteiger partial charge in [0.05, 0.1) is 0 Å². The zero-order chi connectivity index (χ0) is 15.6. The van der Waals surface area contributed by atoms with Crippen LogP contribution in [0.3, 0.4) is 0 Å². The predicted molar refractivity (Wildman–Crippen MR) is 78.1 cm³/mol. The molecular weight excluding hydrogens is 270 g/mol. The fourth-order valence-electron chi connectivity index (χ4n) is 3.03. The molecule has 0 aromatic carbocycles. The van der Waals surface area contributed by atoms with Crippen LogP contribution >= 0.6 is 0 Å². The first-order valence-corrected chi connectivity index (χ1v) is 7.45. The molecule has 2 heterocycles. The number of aryl methyl sites for hydroxylation is 2. The number of piperidine rings is 1. The first kappa shape index (κ1) is 15.6. The van der Waals surface area contributed by atoms with E-state index in [2.05, 4.69) is 0 Å². The number of amides is 1. The molecule has 1 fully saturated rings. The number of likely N-dealkylation sites (tertiary alicyclic amines) is 1. The minimum Gasteiger partial charge on any atom is -0.466 e. The van der Waals surface area contributed by atoms with Gasteiger partial charge in [-0.1, -0.05) is 0 Å². The fraction of sp³-hybridized carbons (Fsp3) is 0.625. The molecule has 1 amide bonds. The molecule has 0 spiro atoms. The lowest BCUT2D eigenvalue weighted by Gasteiger charge is -2.38. The summed E-state index contributed by atoms with van der Waals surface area (Å²) in [5.41, 5.74) is 0.389. The van der Waals surface area contributed by atoms with Crippen molar-refractivity contribution in [1.82, 2.24) is 4.90 Å². The van der Waals surface area contributed by atoms with Gasteiger partial charge in [-0.3, -0.25) is 4.79 Å². The SMILES string of the molecule is Cc1cc(C(=O)OCC(=O)N2[C@@H](C)CCC[C@@H]2C)c(C)o1. The van der Waals surface area contributed by atoms with Crippen molar-refractivity contribution in [2.75, 3.05) is 6.61 Å². The Morgan fingerprint density at radius 3 is 2.43 bits per heavy atom. The van der Waals surface area contributed by atoms with Crippen LogP contribution in [0.2, 0.25) is 0 Å². The number of hydrogen-bond acceptors (Lipinski definition) is 4. The van der Waals surface area contributed by atoms with Crippen molar-refractivity contribution in [1.29, 1.82) is 0 Å². The van der Waals surface area contributed by atoms with Crippen molar-refractivity contribution in [3.05, 3.63) is 23.2 Å². The van der Waals surface area contributed by atoms with E-state index in [-0.39, 0.29) is 24.6 Å². The van der Waals surface area contributed by atoms with Crippen LogP contribution in [0.15, 0.2) is 10.5 Å². The number of nitrogens with zero attached hydrogens (tertiary/aromatic N) is 1. The van der Waals surface area contributed by atoms with Gasteiger partial charge >= 0.3 is 5.97 Å². The van der Waals surface area contributed by atoms with E-state index < -0.39 is 5.97 Å². The molecule has 5 nitrogen and oxygen atoms in total. The predicted octanol–water partition coefficient (Wildman–Crippen LogP) is 2.84. The summed E-state index contributed by atoms with van der Waals surface area (Å²) in [4.78, 5) is 26.1. The van der Waals surface area contributed by atoms with E-state index in [1.165, 1.54) is 0 Å². The molecule has 1 aromatic rings. The smallest absolute Gasteiger partial charge is 0.342 e. The quantitative estimate of drug-likeness (QED) is 0.804. The highest BCUT2D eigenvalue weighted by Crippen LogP contribution is 2.22. The standard InChI is InChI=1S/C16H23NO4/c1-10-6-5-7-11(2)17(10)15(18)9-20-16(19)14-8-12(3)21-13(14)4/h8,10-11H,5-7,9H2,1-4H3/t10-,11-/m0/s1.